The monoisotopic (exact) mass is 321 g/mol. The number of rotatable bonds is 3. The summed E-state index contributed by atoms with van der Waals surface area (Å²) in [5, 5.41) is 0. The number of hydrogen-bond acceptors (Lipinski definition) is 1. The van der Waals surface area contributed by atoms with Crippen LogP contribution in [0.25, 0.3) is 0 Å². The maximum Gasteiger partial charge on any atom is 0.416 e. The van der Waals surface area contributed by atoms with E-state index >= 15 is 0 Å². The molecule has 21 heavy (non-hydrogen) atoms. The quantitative estimate of drug-likeness (QED) is 0.804. The second-order valence-electron chi connectivity index (χ2n) is 6.21. The molecule has 6 heteroatoms. The fourth-order valence-corrected chi connectivity index (χ4v) is 3.28. The summed E-state index contributed by atoms with van der Waals surface area (Å²) in [5.74, 6) is 0. The lowest BCUT2D eigenvalue weighted by atomic mass is 10.0. The van der Waals surface area contributed by atoms with Gasteiger partial charge in [0.15, 0.2) is 0 Å². The minimum Gasteiger partial charge on any atom is -0.242 e. The first-order chi connectivity index (χ1) is 9.34. The Kier molecular flexibility index (Phi) is 5.26. The van der Waals surface area contributed by atoms with Crippen LogP contribution in [0.5, 0.6) is 0 Å². The van der Waals surface area contributed by atoms with Gasteiger partial charge in [0.1, 0.15) is 0 Å². The van der Waals surface area contributed by atoms with Crippen molar-refractivity contribution in [3.8, 4) is 0 Å². The largest absolute Gasteiger partial charge is 0.416 e. The van der Waals surface area contributed by atoms with Gasteiger partial charge in [-0.2, -0.15) is 13.2 Å². The number of benzene rings is 1. The summed E-state index contributed by atoms with van der Waals surface area (Å²) in [5.41, 5.74) is 0.392. The maximum atomic E-state index is 12.9. The third-order valence-corrected chi connectivity index (χ3v) is 5.13. The molecule has 0 unspecified atom stereocenters. The number of hydrogen-bond donors (Lipinski definition) is 0. The Hall–Kier alpha value is -0.880. The van der Waals surface area contributed by atoms with Crippen LogP contribution in [0.1, 0.15) is 50.4 Å². The lowest BCUT2D eigenvalue weighted by molar-refractivity contribution is -0.137. The Labute approximate surface area is 126 Å². The van der Waals surface area contributed by atoms with E-state index in [4.69, 9.17) is 0 Å². The van der Waals surface area contributed by atoms with Gasteiger partial charge in [-0.15, -0.1) is 0 Å². The fraction of sp³-hybridized carbons (Fsp3) is 0.600. The third-order valence-electron chi connectivity index (χ3n) is 3.24. The first kappa shape index (κ1) is 18.2. The van der Waals surface area contributed by atoms with Crippen molar-refractivity contribution in [3.05, 3.63) is 34.9 Å². The van der Waals surface area contributed by atoms with Gasteiger partial charge in [0, 0.05) is 13.1 Å². The van der Waals surface area contributed by atoms with Crippen LogP contribution in [-0.2, 0) is 17.2 Å². The molecule has 0 radical (unpaired) electrons. The van der Waals surface area contributed by atoms with Crippen molar-refractivity contribution in [2.24, 2.45) is 0 Å². The molecular weight excluding hydrogens is 299 g/mol. The van der Waals surface area contributed by atoms with Crippen molar-refractivity contribution in [3.63, 3.8) is 0 Å². The van der Waals surface area contributed by atoms with E-state index in [0.29, 0.717) is 11.1 Å². The van der Waals surface area contributed by atoms with Crippen LogP contribution < -0.4 is 0 Å². The summed E-state index contributed by atoms with van der Waals surface area (Å²) in [7, 11) is 0.373. The molecule has 1 aromatic carbocycles. The number of halogens is 3. The Morgan fingerprint density at radius 3 is 2.10 bits per heavy atom. The molecule has 0 aliphatic heterocycles. The van der Waals surface area contributed by atoms with E-state index in [1.807, 2.05) is 20.8 Å². The highest BCUT2D eigenvalue weighted by molar-refractivity contribution is 7.84. The second kappa shape index (κ2) is 6.08. The van der Waals surface area contributed by atoms with Crippen LogP contribution in [0.15, 0.2) is 18.2 Å². The average Bonchev–Trinajstić information content (AvgIpc) is 2.33. The van der Waals surface area contributed by atoms with Crippen molar-refractivity contribution in [2.45, 2.75) is 51.6 Å². The minimum atomic E-state index is -4.37. The second-order valence-corrected chi connectivity index (χ2v) is 8.51. The van der Waals surface area contributed by atoms with E-state index in [2.05, 4.69) is 0 Å². The zero-order chi connectivity index (χ0) is 16.6. The van der Waals surface area contributed by atoms with Gasteiger partial charge in [-0.3, -0.25) is 0 Å². The van der Waals surface area contributed by atoms with Crippen LogP contribution in [-0.4, -0.2) is 20.3 Å². The number of nitrogens with zero attached hydrogens (tertiary/aromatic N) is 1. The van der Waals surface area contributed by atoms with Crippen LogP contribution in [0.3, 0.4) is 0 Å². The van der Waals surface area contributed by atoms with Gasteiger partial charge in [0.25, 0.3) is 0 Å². The topological polar surface area (TPSA) is 20.3 Å². The fourth-order valence-electron chi connectivity index (χ4n) is 2.00. The molecule has 0 aromatic heterocycles. The summed E-state index contributed by atoms with van der Waals surface area (Å²) in [6.07, 6.45) is -4.37. The summed E-state index contributed by atoms with van der Waals surface area (Å²) >= 11 is 0. The van der Waals surface area contributed by atoms with E-state index in [1.165, 1.54) is 0 Å². The van der Waals surface area contributed by atoms with E-state index in [0.717, 1.165) is 12.1 Å². The molecule has 0 aliphatic rings. The highest BCUT2D eigenvalue weighted by Crippen LogP contribution is 2.33. The van der Waals surface area contributed by atoms with Crippen molar-refractivity contribution in [2.75, 3.05) is 7.05 Å². The van der Waals surface area contributed by atoms with Crippen LogP contribution in [0, 0.1) is 6.92 Å². The van der Waals surface area contributed by atoms with Gasteiger partial charge in [-0.05, 0) is 52.3 Å². The van der Waals surface area contributed by atoms with Crippen molar-refractivity contribution < 1.29 is 17.4 Å². The van der Waals surface area contributed by atoms with E-state index in [9.17, 15) is 17.4 Å². The standard InChI is InChI=1S/C15H22F3NOS/c1-10-7-12(9-13(8-10)15(16,17)18)11(2)19(6)21(20)14(3,4)5/h7-9,11H,1-6H3/t11-,21+/m1/s1. The van der Waals surface area contributed by atoms with Crippen LogP contribution in [0.4, 0.5) is 13.2 Å². The minimum absolute atomic E-state index is 0.369. The number of aryl methyl sites for hydroxylation is 1. The van der Waals surface area contributed by atoms with Gasteiger partial charge < -0.3 is 0 Å². The van der Waals surface area contributed by atoms with E-state index < -0.39 is 27.5 Å². The van der Waals surface area contributed by atoms with Gasteiger partial charge >= 0.3 is 6.18 Å². The first-order valence-electron chi connectivity index (χ1n) is 6.67. The Morgan fingerprint density at radius 2 is 1.67 bits per heavy atom. The zero-order valence-corrected chi connectivity index (χ0v) is 14.0. The number of alkyl halides is 3. The van der Waals surface area contributed by atoms with Gasteiger partial charge in [-0.1, -0.05) is 11.6 Å². The molecule has 120 valence electrons. The molecular formula is C15H22F3NOS. The Bertz CT molecular complexity index is 535. The summed E-state index contributed by atoms with van der Waals surface area (Å²) in [6.45, 7) is 8.90. The predicted octanol–water partition coefficient (Wildman–Crippen LogP) is 4.47. The SMILES string of the molecule is Cc1cc([C@@H](C)N(C)[S@@](=O)C(C)(C)C)cc(C(F)(F)F)c1. The van der Waals surface area contributed by atoms with Gasteiger partial charge in [0.05, 0.1) is 21.3 Å². The molecule has 2 nitrogen and oxygen atoms in total. The summed E-state index contributed by atoms with van der Waals surface area (Å²) in [6, 6.07) is 3.59. The molecule has 1 rings (SSSR count). The van der Waals surface area contributed by atoms with E-state index in [-0.39, 0.29) is 6.04 Å². The molecule has 0 bridgehead atoms. The molecule has 2 atom stereocenters. The molecule has 0 saturated heterocycles. The molecule has 0 N–H and O–H groups in total. The Balaban J connectivity index is 3.16. The van der Waals surface area contributed by atoms with Crippen LogP contribution >= 0.6 is 0 Å². The molecule has 0 heterocycles. The molecule has 1 aromatic rings. The van der Waals surface area contributed by atoms with Gasteiger partial charge in [0.2, 0.25) is 0 Å². The molecule has 0 saturated carbocycles. The molecule has 0 aliphatic carbocycles. The lowest BCUT2D eigenvalue weighted by Crippen LogP contribution is -2.36. The van der Waals surface area contributed by atoms with Crippen molar-refractivity contribution in [1.82, 2.24) is 4.31 Å². The third kappa shape index (κ3) is 4.54. The van der Waals surface area contributed by atoms with Crippen molar-refractivity contribution >= 4 is 11.0 Å². The highest BCUT2D eigenvalue weighted by Gasteiger charge is 2.32. The average molecular weight is 321 g/mol. The smallest absolute Gasteiger partial charge is 0.242 e. The van der Waals surface area contributed by atoms with Crippen LogP contribution in [0.2, 0.25) is 0 Å². The van der Waals surface area contributed by atoms with E-state index in [1.54, 1.807) is 31.3 Å². The van der Waals surface area contributed by atoms with Gasteiger partial charge in [-0.25, -0.2) is 8.51 Å². The molecule has 0 amide bonds. The predicted molar refractivity (Wildman–Crippen MR) is 80.3 cm³/mol. The maximum absolute atomic E-state index is 12.9. The zero-order valence-electron chi connectivity index (χ0n) is 13.2. The molecule has 0 fully saturated rings. The lowest BCUT2D eigenvalue weighted by Gasteiger charge is -2.30. The Morgan fingerprint density at radius 1 is 1.14 bits per heavy atom. The molecule has 0 spiro atoms. The normalized spacial score (nSPS) is 16.1. The van der Waals surface area contributed by atoms with Crippen molar-refractivity contribution in [1.29, 1.82) is 0 Å². The highest BCUT2D eigenvalue weighted by atomic mass is 32.2. The summed E-state index contributed by atoms with van der Waals surface area (Å²) < 4.78 is 52.2. The summed E-state index contributed by atoms with van der Waals surface area (Å²) in [4.78, 5) is 0. The first-order valence-corrected chi connectivity index (χ1v) is 7.78.